The molecule has 3 N–H and O–H groups in total. The molecular formula is C57H73N11O5. The van der Waals surface area contributed by atoms with Crippen molar-refractivity contribution in [3.8, 4) is 11.3 Å². The highest BCUT2D eigenvalue weighted by molar-refractivity contribution is 6.09. The number of carbonyl (C=O) groups excluding carboxylic acids is 5. The van der Waals surface area contributed by atoms with Crippen LogP contribution in [0.15, 0.2) is 48.9 Å². The Morgan fingerprint density at radius 2 is 1.60 bits per heavy atom. The molecule has 5 aliphatic heterocycles. The molecule has 8 heterocycles. The first-order chi connectivity index (χ1) is 35.5. The lowest BCUT2D eigenvalue weighted by Gasteiger charge is -2.48. The van der Waals surface area contributed by atoms with Gasteiger partial charge in [-0.3, -0.25) is 29.3 Å². The Labute approximate surface area is 428 Å². The first-order valence-electron chi connectivity index (χ1n) is 28.0. The fourth-order valence-corrected chi connectivity index (χ4v) is 13.7. The summed E-state index contributed by atoms with van der Waals surface area (Å²) in [4.78, 5) is 91.0. The Hall–Kier alpha value is -5.90. The summed E-state index contributed by atoms with van der Waals surface area (Å²) in [5.74, 6) is 1.46. The van der Waals surface area contributed by atoms with E-state index in [4.69, 9.17) is 9.97 Å². The number of likely N-dealkylation sites (tertiary alicyclic amines) is 2. The summed E-state index contributed by atoms with van der Waals surface area (Å²) in [6.07, 6.45) is 19.3. The molecule has 73 heavy (non-hydrogen) atoms. The van der Waals surface area contributed by atoms with Crippen molar-refractivity contribution in [1.82, 2.24) is 40.0 Å². The van der Waals surface area contributed by atoms with E-state index in [1.165, 1.54) is 19.3 Å². The van der Waals surface area contributed by atoms with Gasteiger partial charge in [-0.1, -0.05) is 31.0 Å². The van der Waals surface area contributed by atoms with E-state index in [0.717, 1.165) is 135 Å². The molecule has 4 aromatic rings. The van der Waals surface area contributed by atoms with Gasteiger partial charge in [-0.15, -0.1) is 0 Å². The second-order valence-corrected chi connectivity index (χ2v) is 23.3. The highest BCUT2D eigenvalue weighted by atomic mass is 16.2. The minimum Gasteiger partial charge on any atom is -0.366 e. The van der Waals surface area contributed by atoms with Crippen LogP contribution >= 0.6 is 0 Å². The zero-order valence-corrected chi connectivity index (χ0v) is 42.8. The number of anilines is 3. The number of piperidine rings is 4. The van der Waals surface area contributed by atoms with Gasteiger partial charge in [0.25, 0.3) is 0 Å². The van der Waals surface area contributed by atoms with E-state index in [1.54, 1.807) is 6.20 Å². The van der Waals surface area contributed by atoms with Crippen LogP contribution in [0.2, 0.25) is 0 Å². The Balaban J connectivity index is 0.685. The number of amides is 5. The van der Waals surface area contributed by atoms with Crippen LogP contribution in [0.1, 0.15) is 153 Å². The number of hydrogen-bond acceptors (Lipinski definition) is 11. The Bertz CT molecular complexity index is 2760. The van der Waals surface area contributed by atoms with Gasteiger partial charge in [0.2, 0.25) is 29.5 Å². The average Bonchev–Trinajstić information content (AvgIpc) is 4.06. The molecule has 4 saturated heterocycles. The van der Waals surface area contributed by atoms with E-state index in [0.29, 0.717) is 63.7 Å². The molecule has 1 spiro atoms. The first-order valence-corrected chi connectivity index (χ1v) is 28.0. The molecule has 3 aliphatic carbocycles. The summed E-state index contributed by atoms with van der Waals surface area (Å²) in [5.41, 5.74) is 6.06. The number of pyridine rings is 2. The van der Waals surface area contributed by atoms with Crippen molar-refractivity contribution < 1.29 is 24.0 Å². The fraction of sp³-hybridized carbons (Fsp3) is 0.614. The van der Waals surface area contributed by atoms with E-state index in [9.17, 15) is 19.2 Å². The molecule has 0 radical (unpaired) electrons. The van der Waals surface area contributed by atoms with Crippen LogP contribution < -0.4 is 25.8 Å². The van der Waals surface area contributed by atoms with Crippen LogP contribution in [0.5, 0.6) is 0 Å². The van der Waals surface area contributed by atoms with Crippen molar-refractivity contribution in [2.45, 2.75) is 171 Å². The zero-order chi connectivity index (χ0) is 50.0. The average molecular weight is 992 g/mol. The molecule has 1 aromatic carbocycles. The molecule has 0 bridgehead atoms. The molecule has 16 nitrogen and oxygen atoms in total. The van der Waals surface area contributed by atoms with Gasteiger partial charge < -0.3 is 34.8 Å². The van der Waals surface area contributed by atoms with E-state index in [-0.39, 0.29) is 65.4 Å². The number of imidazole rings is 1. The van der Waals surface area contributed by atoms with Crippen molar-refractivity contribution in [3.05, 3.63) is 60.0 Å². The van der Waals surface area contributed by atoms with E-state index >= 15 is 4.79 Å². The summed E-state index contributed by atoms with van der Waals surface area (Å²) in [6, 6.07) is 13.9. The lowest BCUT2D eigenvalue weighted by atomic mass is 9.73. The van der Waals surface area contributed by atoms with Gasteiger partial charge in [0.1, 0.15) is 11.3 Å². The minimum absolute atomic E-state index is 0.0255. The number of nitrogens with zero attached hydrogens (tertiary/aromatic N) is 8. The normalized spacial score (nSPS) is 26.8. The predicted octanol–water partition coefficient (Wildman–Crippen LogP) is 7.37. The van der Waals surface area contributed by atoms with Crippen LogP contribution in [0.4, 0.5) is 17.3 Å². The molecule has 3 aromatic heterocycles. The van der Waals surface area contributed by atoms with Gasteiger partial charge >= 0.3 is 0 Å². The number of rotatable bonds is 12. The summed E-state index contributed by atoms with van der Waals surface area (Å²) < 4.78 is 2.20. The largest absolute Gasteiger partial charge is 0.366 e. The number of imide groups is 1. The highest BCUT2D eigenvalue weighted by Gasteiger charge is 2.56. The third-order valence-corrected chi connectivity index (χ3v) is 18.2. The first kappa shape index (κ1) is 48.1. The minimum atomic E-state index is -0.676. The maximum absolute atomic E-state index is 15.3. The molecule has 8 aliphatic rings. The number of aromatic nitrogens is 4. The van der Waals surface area contributed by atoms with Crippen molar-refractivity contribution in [2.75, 3.05) is 54.4 Å². The smallest absolute Gasteiger partial charge is 0.238 e. The van der Waals surface area contributed by atoms with Gasteiger partial charge in [-0.25, -0.2) is 15.0 Å². The Morgan fingerprint density at radius 1 is 0.808 bits per heavy atom. The summed E-state index contributed by atoms with van der Waals surface area (Å²) in [5, 5.41) is 9.48. The monoisotopic (exact) mass is 992 g/mol. The number of benzene rings is 1. The molecule has 7 fully saturated rings. The third kappa shape index (κ3) is 9.39. The molecule has 3 atom stereocenters. The zero-order valence-electron chi connectivity index (χ0n) is 42.8. The topological polar surface area (TPSA) is 178 Å². The molecule has 12 rings (SSSR count). The van der Waals surface area contributed by atoms with Crippen LogP contribution in [0.3, 0.4) is 0 Å². The van der Waals surface area contributed by atoms with Crippen LogP contribution in [0, 0.1) is 11.8 Å². The second kappa shape index (κ2) is 19.7. The quantitative estimate of drug-likeness (QED) is 0.121. The van der Waals surface area contributed by atoms with Crippen LogP contribution in [-0.2, 0) is 29.4 Å². The van der Waals surface area contributed by atoms with Gasteiger partial charge in [-0.05, 0) is 152 Å². The summed E-state index contributed by atoms with van der Waals surface area (Å²) >= 11 is 0. The van der Waals surface area contributed by atoms with Crippen molar-refractivity contribution in [2.24, 2.45) is 11.8 Å². The molecular weight excluding hydrogens is 919 g/mol. The standard InChI is InChI=1S/C57H73N11O5/c1-35(2)67-34-59-47-32-46(62-53(52(47)67)61-40-11-12-40)37-9-14-45-48(29-37)68(43-30-42(31-43)64-21-4-3-5-22-64)56(73)57(45)19-25-66(26-20-57)55(72)38-7-6-8-41(28-38)60-51(70)27-36-17-23-65(24-18-36)49-15-10-39(33-58-49)44-13-16-50(69)63-54(44)71/h9-10,14-15,29,32-36,38,40-44H,3-8,11-13,16-28,30-31H2,1-2H3,(H,60,70)(H,61,62)(H,63,69,71)/t38-,41+,42?,43?,44?/m1/s1. The van der Waals surface area contributed by atoms with Crippen molar-refractivity contribution in [1.29, 1.82) is 0 Å². The predicted molar refractivity (Wildman–Crippen MR) is 280 cm³/mol. The summed E-state index contributed by atoms with van der Waals surface area (Å²) in [7, 11) is 0. The second-order valence-electron chi connectivity index (χ2n) is 23.3. The van der Waals surface area contributed by atoms with Crippen LogP contribution in [0.25, 0.3) is 22.3 Å². The number of hydrogen-bond donors (Lipinski definition) is 3. The molecule has 16 heteroatoms. The van der Waals surface area contributed by atoms with Gasteiger partial charge in [0.05, 0.1) is 28.9 Å². The number of fused-ring (bicyclic) bond motifs is 3. The van der Waals surface area contributed by atoms with E-state index in [1.807, 2.05) is 23.4 Å². The molecule has 3 saturated carbocycles. The third-order valence-electron chi connectivity index (χ3n) is 18.2. The Kier molecular flexibility index (Phi) is 13.0. The summed E-state index contributed by atoms with van der Waals surface area (Å²) in [6.45, 7) is 9.33. The van der Waals surface area contributed by atoms with Crippen molar-refractivity contribution >= 4 is 57.9 Å². The molecule has 1 unspecified atom stereocenters. The highest BCUT2D eigenvalue weighted by Crippen LogP contribution is 2.52. The molecule has 5 amide bonds. The van der Waals surface area contributed by atoms with Crippen LogP contribution in [-0.4, -0.2) is 122 Å². The SMILES string of the molecule is CC(C)n1cnc2cc(-c3ccc4c(c3)N(C3CC(N5CCCCC5)C3)C(=O)C43CCN(C(=O)[C@@H]4CCC[C@H](NC(=O)CC5CCN(c6ccc(C7CCC(=O)NC7=O)cn6)CC5)C4)CC3)nc(NC3CC3)c21. The fourth-order valence-electron chi connectivity index (χ4n) is 13.7. The lowest BCUT2D eigenvalue weighted by Crippen LogP contribution is -2.58. The number of nitrogens with one attached hydrogen (secondary N) is 3. The maximum atomic E-state index is 15.3. The van der Waals surface area contributed by atoms with E-state index < -0.39 is 5.41 Å². The number of carbonyl (C=O) groups is 5. The lowest BCUT2D eigenvalue weighted by molar-refractivity contribution is -0.141. The van der Waals surface area contributed by atoms with E-state index in [2.05, 4.69) is 78.3 Å². The molecule has 386 valence electrons. The Morgan fingerprint density at radius 3 is 2.33 bits per heavy atom. The van der Waals surface area contributed by atoms with Gasteiger partial charge in [-0.2, -0.15) is 0 Å². The van der Waals surface area contributed by atoms with Gasteiger partial charge in [0.15, 0.2) is 5.82 Å². The van der Waals surface area contributed by atoms with Crippen molar-refractivity contribution in [3.63, 3.8) is 0 Å². The van der Waals surface area contributed by atoms with Gasteiger partial charge in [0, 0.05) is 92.6 Å². The maximum Gasteiger partial charge on any atom is 0.238 e.